The summed E-state index contributed by atoms with van der Waals surface area (Å²) in [6, 6.07) is 25.1. The number of thiocarbonyl (C=S) groups is 1. The van der Waals surface area contributed by atoms with Crippen LogP contribution >= 0.6 is 12.2 Å². The van der Waals surface area contributed by atoms with Crippen molar-refractivity contribution in [1.82, 2.24) is 14.4 Å². The van der Waals surface area contributed by atoms with E-state index in [2.05, 4.69) is 71.3 Å². The zero-order chi connectivity index (χ0) is 20.8. The van der Waals surface area contributed by atoms with Crippen molar-refractivity contribution in [2.45, 2.75) is 6.92 Å². The van der Waals surface area contributed by atoms with Crippen molar-refractivity contribution >= 4 is 51.1 Å². The van der Waals surface area contributed by atoms with E-state index in [0.717, 1.165) is 27.7 Å². The van der Waals surface area contributed by atoms with Gasteiger partial charge in [0.15, 0.2) is 5.11 Å². The van der Waals surface area contributed by atoms with Crippen LogP contribution in [-0.4, -0.2) is 39.0 Å². The number of carbonyl (C=O) groups is 1. The Labute approximate surface area is 180 Å². The van der Waals surface area contributed by atoms with Crippen LogP contribution in [0.5, 0.6) is 0 Å². The minimum absolute atomic E-state index is 0.0446. The summed E-state index contributed by atoms with van der Waals surface area (Å²) in [5, 5.41) is 2.90. The molecular formula is C25H21N3OS. The first-order valence-electron chi connectivity index (χ1n) is 10.00. The van der Waals surface area contributed by atoms with E-state index < -0.39 is 0 Å². The van der Waals surface area contributed by atoms with Crippen LogP contribution in [0.4, 0.5) is 0 Å². The number of benzene rings is 3. The van der Waals surface area contributed by atoms with Crippen molar-refractivity contribution < 1.29 is 4.79 Å². The standard InChI is InChI=1S/C25H21N3OS/c1-3-27-24(29)23(26(2)25(27)30)16-17-13-14-22-20(15-17)19-11-7-8-12-21(19)28(22)18-9-5-4-6-10-18/h4-16H,3H2,1-2H3/b23-16+. The van der Waals surface area contributed by atoms with Gasteiger partial charge >= 0.3 is 0 Å². The number of fused-ring (bicyclic) bond motifs is 3. The lowest BCUT2D eigenvalue weighted by Crippen LogP contribution is -2.30. The molecule has 0 bridgehead atoms. The van der Waals surface area contributed by atoms with Crippen LogP contribution in [0.15, 0.2) is 78.5 Å². The monoisotopic (exact) mass is 411 g/mol. The van der Waals surface area contributed by atoms with E-state index in [1.54, 1.807) is 9.80 Å². The molecule has 1 saturated heterocycles. The minimum Gasteiger partial charge on any atom is -0.317 e. The highest BCUT2D eigenvalue weighted by atomic mass is 32.1. The predicted molar refractivity (Wildman–Crippen MR) is 127 cm³/mol. The number of rotatable bonds is 3. The normalized spacial score (nSPS) is 15.9. The molecule has 4 nitrogen and oxygen atoms in total. The van der Waals surface area contributed by atoms with Crippen LogP contribution < -0.4 is 0 Å². The fourth-order valence-corrected chi connectivity index (χ4v) is 4.49. The Balaban J connectivity index is 1.71. The Hall–Kier alpha value is -3.44. The lowest BCUT2D eigenvalue weighted by Gasteiger charge is -2.13. The lowest BCUT2D eigenvalue weighted by molar-refractivity contribution is -0.122. The molecule has 0 N–H and O–H groups in total. The molecule has 1 aliphatic heterocycles. The van der Waals surface area contributed by atoms with Crippen molar-refractivity contribution in [3.63, 3.8) is 0 Å². The van der Waals surface area contributed by atoms with Gasteiger partial charge in [-0.15, -0.1) is 0 Å². The van der Waals surface area contributed by atoms with Crippen LogP contribution in [0.25, 0.3) is 33.6 Å². The molecule has 1 fully saturated rings. The van der Waals surface area contributed by atoms with E-state index in [0.29, 0.717) is 17.4 Å². The van der Waals surface area contributed by atoms with Crippen LogP contribution in [0, 0.1) is 0 Å². The summed E-state index contributed by atoms with van der Waals surface area (Å²) in [5.74, 6) is -0.0446. The summed E-state index contributed by atoms with van der Waals surface area (Å²) in [7, 11) is 1.85. The third kappa shape index (κ3) is 2.74. The highest BCUT2D eigenvalue weighted by molar-refractivity contribution is 7.80. The summed E-state index contributed by atoms with van der Waals surface area (Å²) in [5.41, 5.74) is 5.02. The number of hydrogen-bond acceptors (Lipinski definition) is 2. The van der Waals surface area contributed by atoms with Crippen LogP contribution in [-0.2, 0) is 4.79 Å². The van der Waals surface area contributed by atoms with E-state index in [9.17, 15) is 4.79 Å². The molecule has 0 unspecified atom stereocenters. The van der Waals surface area contributed by atoms with Gasteiger partial charge in [0.2, 0.25) is 0 Å². The number of likely N-dealkylation sites (N-methyl/N-ethyl adjacent to an activating group) is 2. The van der Waals surface area contributed by atoms with E-state index in [1.165, 1.54) is 5.39 Å². The maximum atomic E-state index is 12.8. The molecule has 4 aromatic rings. The average molecular weight is 412 g/mol. The van der Waals surface area contributed by atoms with Crippen molar-refractivity contribution in [2.24, 2.45) is 0 Å². The molecule has 0 aliphatic carbocycles. The summed E-state index contributed by atoms with van der Waals surface area (Å²) < 4.78 is 2.28. The molecule has 3 aromatic carbocycles. The summed E-state index contributed by atoms with van der Waals surface area (Å²) in [6.07, 6.45) is 1.93. The quantitative estimate of drug-likeness (QED) is 0.343. The summed E-state index contributed by atoms with van der Waals surface area (Å²) >= 11 is 5.42. The molecule has 0 saturated carbocycles. The minimum atomic E-state index is -0.0446. The van der Waals surface area contributed by atoms with Gasteiger partial charge in [-0.25, -0.2) is 0 Å². The molecular weight excluding hydrogens is 390 g/mol. The number of para-hydroxylation sites is 2. The largest absolute Gasteiger partial charge is 0.317 e. The zero-order valence-corrected chi connectivity index (χ0v) is 17.7. The number of amides is 1. The fraction of sp³-hybridized carbons (Fsp3) is 0.120. The molecule has 1 aliphatic rings. The molecule has 5 heteroatoms. The Kier molecular flexibility index (Phi) is 4.40. The Morgan fingerprint density at radius 1 is 0.900 bits per heavy atom. The molecule has 2 heterocycles. The third-order valence-electron chi connectivity index (χ3n) is 5.67. The molecule has 0 radical (unpaired) electrons. The first kappa shape index (κ1) is 18.6. The highest BCUT2D eigenvalue weighted by Gasteiger charge is 2.34. The molecule has 148 valence electrons. The maximum absolute atomic E-state index is 12.8. The van der Waals surface area contributed by atoms with E-state index in [1.807, 2.05) is 26.1 Å². The van der Waals surface area contributed by atoms with Gasteiger partial charge in [-0.1, -0.05) is 42.5 Å². The van der Waals surface area contributed by atoms with Gasteiger partial charge in [0.1, 0.15) is 5.70 Å². The van der Waals surface area contributed by atoms with Gasteiger partial charge in [0.25, 0.3) is 5.91 Å². The van der Waals surface area contributed by atoms with Crippen LogP contribution in [0.2, 0.25) is 0 Å². The molecule has 30 heavy (non-hydrogen) atoms. The smallest absolute Gasteiger partial charge is 0.276 e. The van der Waals surface area contributed by atoms with Gasteiger partial charge in [-0.3, -0.25) is 9.69 Å². The topological polar surface area (TPSA) is 28.5 Å². The van der Waals surface area contributed by atoms with E-state index in [-0.39, 0.29) is 5.91 Å². The molecule has 1 amide bonds. The average Bonchev–Trinajstić information content (AvgIpc) is 3.21. The first-order chi connectivity index (χ1) is 14.6. The molecule has 0 atom stereocenters. The Morgan fingerprint density at radius 3 is 2.33 bits per heavy atom. The van der Waals surface area contributed by atoms with E-state index in [4.69, 9.17) is 12.2 Å². The number of hydrogen-bond donors (Lipinski definition) is 0. The SMILES string of the molecule is CCN1C(=O)/C(=C\c2ccc3c(c2)c2ccccc2n3-c2ccccc2)N(C)C1=S. The Morgan fingerprint density at radius 2 is 1.60 bits per heavy atom. The number of nitrogens with zero attached hydrogens (tertiary/aromatic N) is 3. The highest BCUT2D eigenvalue weighted by Crippen LogP contribution is 2.33. The second-order valence-electron chi connectivity index (χ2n) is 7.39. The Bertz CT molecular complexity index is 1340. The second-order valence-corrected chi connectivity index (χ2v) is 7.75. The van der Waals surface area contributed by atoms with Gasteiger partial charge in [0.05, 0.1) is 11.0 Å². The first-order valence-corrected chi connectivity index (χ1v) is 10.4. The van der Waals surface area contributed by atoms with Crippen molar-refractivity contribution in [3.05, 3.63) is 84.1 Å². The van der Waals surface area contributed by atoms with Gasteiger partial charge in [-0.05, 0) is 61.1 Å². The molecule has 0 spiro atoms. The number of aromatic nitrogens is 1. The molecule has 5 rings (SSSR count). The van der Waals surface area contributed by atoms with Crippen molar-refractivity contribution in [2.75, 3.05) is 13.6 Å². The number of carbonyl (C=O) groups excluding carboxylic acids is 1. The van der Waals surface area contributed by atoms with Crippen LogP contribution in [0.3, 0.4) is 0 Å². The van der Waals surface area contributed by atoms with Gasteiger partial charge in [0, 0.05) is 30.1 Å². The van der Waals surface area contributed by atoms with Crippen LogP contribution in [0.1, 0.15) is 12.5 Å². The van der Waals surface area contributed by atoms with Crippen molar-refractivity contribution in [1.29, 1.82) is 0 Å². The predicted octanol–water partition coefficient (Wildman–Crippen LogP) is 5.20. The van der Waals surface area contributed by atoms with E-state index >= 15 is 0 Å². The third-order valence-corrected chi connectivity index (χ3v) is 6.17. The van der Waals surface area contributed by atoms with Gasteiger partial charge in [-0.2, -0.15) is 0 Å². The summed E-state index contributed by atoms with van der Waals surface area (Å²) in [6.45, 7) is 2.51. The molecule has 1 aromatic heterocycles. The second kappa shape index (κ2) is 7.11. The maximum Gasteiger partial charge on any atom is 0.276 e. The van der Waals surface area contributed by atoms with Crippen molar-refractivity contribution in [3.8, 4) is 5.69 Å². The van der Waals surface area contributed by atoms with Gasteiger partial charge < -0.3 is 9.47 Å². The zero-order valence-electron chi connectivity index (χ0n) is 16.9. The lowest BCUT2D eigenvalue weighted by atomic mass is 10.1. The summed E-state index contributed by atoms with van der Waals surface area (Å²) in [4.78, 5) is 16.2. The fourth-order valence-electron chi connectivity index (χ4n) is 4.18.